The summed E-state index contributed by atoms with van der Waals surface area (Å²) in [6.07, 6.45) is 4.94. The third-order valence-electron chi connectivity index (χ3n) is 2.05. The maximum atomic E-state index is 10.7. The smallest absolute Gasteiger partial charge is 0.337 e. The fraction of sp³-hybridized carbons (Fsp3) is 0.111. The van der Waals surface area contributed by atoms with Crippen molar-refractivity contribution in [1.82, 2.24) is 4.90 Å². The number of rotatable bonds is 1. The van der Waals surface area contributed by atoms with Gasteiger partial charge in [-0.15, -0.1) is 0 Å². The second kappa shape index (κ2) is 3.63. The zero-order valence-electron chi connectivity index (χ0n) is 7.46. The van der Waals surface area contributed by atoms with E-state index in [1.54, 1.807) is 18.4 Å². The zero-order valence-corrected chi connectivity index (χ0v) is 9.05. The normalized spacial score (nSPS) is 24.0. The number of carboxylic acids is 1. The number of aliphatic carboxylic acids is 1. The Morgan fingerprint density at radius 1 is 1.60 bits per heavy atom. The van der Waals surface area contributed by atoms with Crippen LogP contribution in [0.25, 0.3) is 0 Å². The Labute approximate surface area is 93.9 Å². The van der Waals surface area contributed by atoms with Gasteiger partial charge in [0.1, 0.15) is 11.4 Å². The first kappa shape index (κ1) is 10.1. The minimum Gasteiger partial charge on any atom is -0.478 e. The summed E-state index contributed by atoms with van der Waals surface area (Å²) in [5.74, 6) is -0.672. The van der Waals surface area contributed by atoms with Crippen LogP contribution in [0.1, 0.15) is 0 Å². The molecule has 0 amide bonds. The van der Waals surface area contributed by atoms with Crippen molar-refractivity contribution in [2.45, 2.75) is 6.23 Å². The van der Waals surface area contributed by atoms with Gasteiger partial charge in [-0.25, -0.2) is 9.79 Å². The third kappa shape index (κ3) is 1.73. The van der Waals surface area contributed by atoms with E-state index >= 15 is 0 Å². The highest BCUT2D eigenvalue weighted by Crippen LogP contribution is 2.22. The Balaban J connectivity index is 2.40. The van der Waals surface area contributed by atoms with E-state index in [-0.39, 0.29) is 5.57 Å². The molecule has 0 saturated heterocycles. The first-order valence-electron chi connectivity index (χ1n) is 4.12. The highest BCUT2D eigenvalue weighted by atomic mass is 79.9. The van der Waals surface area contributed by atoms with E-state index in [9.17, 15) is 9.90 Å². The molecule has 0 saturated carbocycles. The summed E-state index contributed by atoms with van der Waals surface area (Å²) < 4.78 is 0.817. The molecule has 0 aromatic rings. The molecule has 0 aliphatic carbocycles. The molecule has 0 spiro atoms. The minimum atomic E-state index is -1.19. The van der Waals surface area contributed by atoms with Crippen molar-refractivity contribution in [3.05, 3.63) is 34.6 Å². The standard InChI is InChI=1S/C9H7BrN2O3/c10-5-1-2-12-7(3-5)11-4-6(8(12)13)9(14)15/h1-4,8,13H,(H,14,15)/t8-/m1/s1. The molecule has 15 heavy (non-hydrogen) atoms. The van der Waals surface area contributed by atoms with Gasteiger partial charge in [0.25, 0.3) is 0 Å². The number of carboxylic acid groups (broad SMARTS) is 1. The first-order chi connectivity index (χ1) is 7.09. The lowest BCUT2D eigenvalue weighted by molar-refractivity contribution is -0.134. The lowest BCUT2D eigenvalue weighted by Crippen LogP contribution is -2.41. The van der Waals surface area contributed by atoms with Gasteiger partial charge in [0, 0.05) is 16.9 Å². The predicted molar refractivity (Wildman–Crippen MR) is 57.1 cm³/mol. The van der Waals surface area contributed by atoms with Crippen LogP contribution in [-0.2, 0) is 4.79 Å². The van der Waals surface area contributed by atoms with Gasteiger partial charge in [-0.1, -0.05) is 15.9 Å². The van der Waals surface area contributed by atoms with Crippen molar-refractivity contribution in [2.75, 3.05) is 0 Å². The van der Waals surface area contributed by atoms with Crippen molar-refractivity contribution in [2.24, 2.45) is 4.99 Å². The third-order valence-corrected chi connectivity index (χ3v) is 2.54. The zero-order chi connectivity index (χ0) is 11.0. The van der Waals surface area contributed by atoms with Crippen LogP contribution in [0.4, 0.5) is 0 Å². The van der Waals surface area contributed by atoms with Crippen molar-refractivity contribution in [3.8, 4) is 0 Å². The van der Waals surface area contributed by atoms with Gasteiger partial charge in [0.2, 0.25) is 0 Å². The Bertz CT molecular complexity index is 437. The molecular weight excluding hydrogens is 264 g/mol. The quantitative estimate of drug-likeness (QED) is 0.739. The number of carbonyl (C=O) groups is 1. The fourth-order valence-electron chi connectivity index (χ4n) is 1.30. The van der Waals surface area contributed by atoms with Crippen LogP contribution in [0.15, 0.2) is 39.6 Å². The predicted octanol–water partition coefficient (Wildman–Crippen LogP) is 0.794. The first-order valence-corrected chi connectivity index (χ1v) is 4.92. The van der Waals surface area contributed by atoms with Crippen LogP contribution < -0.4 is 0 Å². The Morgan fingerprint density at radius 2 is 2.33 bits per heavy atom. The van der Waals surface area contributed by atoms with Crippen LogP contribution >= 0.6 is 15.9 Å². The Kier molecular flexibility index (Phi) is 2.45. The van der Waals surface area contributed by atoms with Gasteiger partial charge in [-0.2, -0.15) is 0 Å². The van der Waals surface area contributed by atoms with Gasteiger partial charge >= 0.3 is 5.97 Å². The number of aliphatic hydroxyl groups is 1. The number of aliphatic hydroxyl groups excluding tert-OH is 1. The van der Waals surface area contributed by atoms with E-state index in [1.165, 1.54) is 4.90 Å². The van der Waals surface area contributed by atoms with E-state index in [1.807, 2.05) is 0 Å². The van der Waals surface area contributed by atoms with Crippen molar-refractivity contribution in [1.29, 1.82) is 0 Å². The van der Waals surface area contributed by atoms with E-state index in [4.69, 9.17) is 5.11 Å². The molecule has 1 atom stereocenters. The van der Waals surface area contributed by atoms with E-state index in [0.717, 1.165) is 10.7 Å². The SMILES string of the molecule is O=C(O)C1=CN=C2C=C(Br)C=CN2[C@@H]1O. The summed E-state index contributed by atoms with van der Waals surface area (Å²) in [7, 11) is 0. The molecule has 2 aliphatic rings. The topological polar surface area (TPSA) is 73.1 Å². The van der Waals surface area contributed by atoms with Crippen LogP contribution in [-0.4, -0.2) is 33.1 Å². The number of hydrogen-bond donors (Lipinski definition) is 2. The van der Waals surface area contributed by atoms with Crippen LogP contribution in [0.2, 0.25) is 0 Å². The summed E-state index contributed by atoms with van der Waals surface area (Å²) in [4.78, 5) is 16.1. The highest BCUT2D eigenvalue weighted by Gasteiger charge is 2.29. The summed E-state index contributed by atoms with van der Waals surface area (Å²) in [5, 5.41) is 18.5. The molecule has 2 rings (SSSR count). The van der Waals surface area contributed by atoms with Gasteiger partial charge in [0.05, 0.1) is 0 Å². The minimum absolute atomic E-state index is 0.144. The number of halogens is 1. The number of allylic oxidation sites excluding steroid dienone is 2. The van der Waals surface area contributed by atoms with Gasteiger partial charge in [-0.05, 0) is 12.2 Å². The second-order valence-corrected chi connectivity index (χ2v) is 3.92. The summed E-state index contributed by atoms with van der Waals surface area (Å²) >= 11 is 3.26. The number of fused-ring (bicyclic) bond motifs is 1. The monoisotopic (exact) mass is 270 g/mol. The Hall–Kier alpha value is -1.40. The van der Waals surface area contributed by atoms with E-state index < -0.39 is 12.2 Å². The molecule has 6 heteroatoms. The summed E-state index contributed by atoms with van der Waals surface area (Å²) in [6, 6.07) is 0. The molecule has 2 N–H and O–H groups in total. The van der Waals surface area contributed by atoms with Crippen molar-refractivity contribution in [3.63, 3.8) is 0 Å². The maximum absolute atomic E-state index is 10.7. The molecule has 0 aromatic carbocycles. The number of aliphatic imine (C=N–C) groups is 1. The molecular formula is C9H7BrN2O3. The average Bonchev–Trinajstić information content (AvgIpc) is 2.17. The number of hydrogen-bond acceptors (Lipinski definition) is 4. The molecule has 0 bridgehead atoms. The second-order valence-electron chi connectivity index (χ2n) is 3.00. The largest absolute Gasteiger partial charge is 0.478 e. The maximum Gasteiger partial charge on any atom is 0.337 e. The number of nitrogens with zero attached hydrogens (tertiary/aromatic N) is 2. The molecule has 2 aliphatic heterocycles. The molecule has 5 nitrogen and oxygen atoms in total. The molecule has 0 unspecified atom stereocenters. The van der Waals surface area contributed by atoms with Gasteiger partial charge in [0.15, 0.2) is 6.23 Å². The van der Waals surface area contributed by atoms with E-state index in [2.05, 4.69) is 20.9 Å². The number of amidine groups is 1. The molecule has 0 aromatic heterocycles. The van der Waals surface area contributed by atoms with Crippen molar-refractivity contribution < 1.29 is 15.0 Å². The lowest BCUT2D eigenvalue weighted by atomic mass is 10.2. The van der Waals surface area contributed by atoms with Gasteiger partial charge in [-0.3, -0.25) is 0 Å². The van der Waals surface area contributed by atoms with Crippen LogP contribution in [0.3, 0.4) is 0 Å². The van der Waals surface area contributed by atoms with Crippen LogP contribution in [0.5, 0.6) is 0 Å². The summed E-state index contributed by atoms with van der Waals surface area (Å²) in [6.45, 7) is 0. The van der Waals surface area contributed by atoms with Crippen LogP contribution in [0, 0.1) is 0 Å². The fourth-order valence-corrected chi connectivity index (χ4v) is 1.63. The molecule has 0 radical (unpaired) electrons. The average molecular weight is 271 g/mol. The molecule has 2 heterocycles. The van der Waals surface area contributed by atoms with Gasteiger partial charge < -0.3 is 15.1 Å². The Morgan fingerprint density at radius 3 is 3.00 bits per heavy atom. The molecule has 0 fully saturated rings. The molecule has 78 valence electrons. The van der Waals surface area contributed by atoms with E-state index in [0.29, 0.717) is 5.84 Å². The highest BCUT2D eigenvalue weighted by molar-refractivity contribution is 9.11. The van der Waals surface area contributed by atoms with Crippen molar-refractivity contribution >= 4 is 27.7 Å². The summed E-state index contributed by atoms with van der Waals surface area (Å²) in [5.41, 5.74) is -0.144. The lowest BCUT2D eigenvalue weighted by Gasteiger charge is -2.30.